The lowest BCUT2D eigenvalue weighted by Gasteiger charge is -2.23. The molecule has 0 atom stereocenters. The fourth-order valence-electron chi connectivity index (χ4n) is 1.82. The van der Waals surface area contributed by atoms with E-state index in [1.807, 2.05) is 0 Å². The summed E-state index contributed by atoms with van der Waals surface area (Å²) in [5.74, 6) is -0.281. The van der Waals surface area contributed by atoms with Crippen LogP contribution in [0.2, 0.25) is 5.02 Å². The number of hydrogen-bond acceptors (Lipinski definition) is 2. The third-order valence-electron chi connectivity index (χ3n) is 2.59. The predicted octanol–water partition coefficient (Wildman–Crippen LogP) is 2.28. The number of anilines is 1. The highest BCUT2D eigenvalue weighted by Crippen LogP contribution is 2.26. The van der Waals surface area contributed by atoms with Crippen molar-refractivity contribution in [2.45, 2.75) is 6.42 Å². The Kier molecular flexibility index (Phi) is 3.44. The molecule has 1 N–H and O–H groups in total. The van der Waals surface area contributed by atoms with E-state index in [0.29, 0.717) is 5.02 Å². The first-order chi connectivity index (χ1) is 7.27. The van der Waals surface area contributed by atoms with E-state index in [-0.39, 0.29) is 5.82 Å². The van der Waals surface area contributed by atoms with Crippen LogP contribution in [0.3, 0.4) is 0 Å². The second-order valence-electron chi connectivity index (χ2n) is 3.69. The van der Waals surface area contributed by atoms with E-state index in [1.165, 1.54) is 12.1 Å². The summed E-state index contributed by atoms with van der Waals surface area (Å²) in [4.78, 5) is 2.20. The molecule has 0 bridgehead atoms. The number of nitrogens with one attached hydrogen (secondary N) is 1. The summed E-state index contributed by atoms with van der Waals surface area (Å²) < 4.78 is 12.9. The monoisotopic (exact) mass is 228 g/mol. The largest absolute Gasteiger partial charge is 0.369 e. The lowest BCUT2D eigenvalue weighted by molar-refractivity contribution is 0.627. The maximum absolute atomic E-state index is 12.9. The Morgan fingerprint density at radius 1 is 1.27 bits per heavy atom. The summed E-state index contributed by atoms with van der Waals surface area (Å²) in [6.07, 6.45) is 1.09. The van der Waals surface area contributed by atoms with Crippen molar-refractivity contribution in [2.75, 3.05) is 31.1 Å². The van der Waals surface area contributed by atoms with E-state index in [2.05, 4.69) is 10.2 Å². The number of hydrogen-bond donors (Lipinski definition) is 1. The summed E-state index contributed by atoms with van der Waals surface area (Å²) in [6, 6.07) is 4.58. The maximum atomic E-state index is 12.9. The minimum absolute atomic E-state index is 0.281. The van der Waals surface area contributed by atoms with Crippen molar-refractivity contribution >= 4 is 17.3 Å². The molecule has 0 unspecified atom stereocenters. The van der Waals surface area contributed by atoms with Crippen molar-refractivity contribution in [1.29, 1.82) is 0 Å². The molecule has 1 aromatic rings. The molecule has 1 aliphatic heterocycles. The first-order valence-electron chi connectivity index (χ1n) is 5.18. The van der Waals surface area contributed by atoms with Gasteiger partial charge in [-0.1, -0.05) is 11.6 Å². The second kappa shape index (κ2) is 4.81. The number of rotatable bonds is 1. The van der Waals surface area contributed by atoms with Crippen LogP contribution in [0, 0.1) is 5.82 Å². The van der Waals surface area contributed by atoms with Crippen molar-refractivity contribution in [1.82, 2.24) is 5.32 Å². The van der Waals surface area contributed by atoms with Gasteiger partial charge in [-0.3, -0.25) is 0 Å². The van der Waals surface area contributed by atoms with E-state index in [0.717, 1.165) is 38.3 Å². The number of nitrogens with zero attached hydrogens (tertiary/aromatic N) is 1. The van der Waals surface area contributed by atoms with Crippen LogP contribution < -0.4 is 10.2 Å². The van der Waals surface area contributed by atoms with Crippen LogP contribution >= 0.6 is 11.6 Å². The molecule has 1 heterocycles. The highest BCUT2D eigenvalue weighted by molar-refractivity contribution is 6.33. The Hall–Kier alpha value is -0.800. The van der Waals surface area contributed by atoms with Gasteiger partial charge in [-0.2, -0.15) is 0 Å². The summed E-state index contributed by atoms with van der Waals surface area (Å²) in [5, 5.41) is 3.82. The first kappa shape index (κ1) is 10.7. The summed E-state index contributed by atoms with van der Waals surface area (Å²) >= 11 is 6.01. The van der Waals surface area contributed by atoms with Crippen LogP contribution in [0.15, 0.2) is 18.2 Å². The molecule has 82 valence electrons. The van der Waals surface area contributed by atoms with Crippen LogP contribution in [0.25, 0.3) is 0 Å². The van der Waals surface area contributed by atoms with Gasteiger partial charge in [0.1, 0.15) is 5.82 Å². The Morgan fingerprint density at radius 2 is 2.13 bits per heavy atom. The van der Waals surface area contributed by atoms with E-state index in [4.69, 9.17) is 11.6 Å². The van der Waals surface area contributed by atoms with Gasteiger partial charge in [0, 0.05) is 19.6 Å². The van der Waals surface area contributed by atoms with E-state index in [1.54, 1.807) is 6.07 Å². The minimum Gasteiger partial charge on any atom is -0.369 e. The van der Waals surface area contributed by atoms with Gasteiger partial charge >= 0.3 is 0 Å². The third-order valence-corrected chi connectivity index (χ3v) is 2.89. The molecule has 2 rings (SSSR count). The quantitative estimate of drug-likeness (QED) is 0.794. The Bertz CT molecular complexity index is 335. The highest BCUT2D eigenvalue weighted by atomic mass is 35.5. The van der Waals surface area contributed by atoms with E-state index in [9.17, 15) is 4.39 Å². The van der Waals surface area contributed by atoms with Gasteiger partial charge in [0.05, 0.1) is 10.7 Å². The van der Waals surface area contributed by atoms with Crippen LogP contribution in [0.4, 0.5) is 10.1 Å². The second-order valence-corrected chi connectivity index (χ2v) is 4.09. The topological polar surface area (TPSA) is 15.3 Å². The molecule has 0 radical (unpaired) electrons. The molecule has 1 aliphatic rings. The van der Waals surface area contributed by atoms with E-state index < -0.39 is 0 Å². The zero-order valence-electron chi connectivity index (χ0n) is 8.47. The summed E-state index contributed by atoms with van der Waals surface area (Å²) in [6.45, 7) is 3.88. The summed E-state index contributed by atoms with van der Waals surface area (Å²) in [7, 11) is 0. The minimum atomic E-state index is -0.281. The standard InChI is InChI=1S/C11H14ClFN2/c12-10-8-9(13)2-3-11(10)15-6-1-4-14-5-7-15/h2-3,8,14H,1,4-7H2. The molecule has 1 fully saturated rings. The van der Waals surface area contributed by atoms with Crippen LogP contribution in [-0.2, 0) is 0 Å². The fraction of sp³-hybridized carbons (Fsp3) is 0.455. The van der Waals surface area contributed by atoms with E-state index >= 15 is 0 Å². The van der Waals surface area contributed by atoms with Gasteiger partial charge in [0.15, 0.2) is 0 Å². The first-order valence-corrected chi connectivity index (χ1v) is 5.56. The van der Waals surface area contributed by atoms with Gasteiger partial charge in [-0.15, -0.1) is 0 Å². The third kappa shape index (κ3) is 2.61. The van der Waals surface area contributed by atoms with Gasteiger partial charge < -0.3 is 10.2 Å². The predicted molar refractivity (Wildman–Crippen MR) is 61.1 cm³/mol. The zero-order valence-corrected chi connectivity index (χ0v) is 9.23. The summed E-state index contributed by atoms with van der Waals surface area (Å²) in [5.41, 5.74) is 0.932. The van der Waals surface area contributed by atoms with Crippen molar-refractivity contribution in [3.8, 4) is 0 Å². The molecule has 0 aromatic heterocycles. The Morgan fingerprint density at radius 3 is 2.93 bits per heavy atom. The zero-order chi connectivity index (χ0) is 10.7. The molecule has 0 amide bonds. The molecule has 0 aliphatic carbocycles. The highest BCUT2D eigenvalue weighted by Gasteiger charge is 2.12. The molecule has 4 heteroatoms. The SMILES string of the molecule is Fc1ccc(N2CCCNCC2)c(Cl)c1. The van der Waals surface area contributed by atoms with Gasteiger partial charge in [-0.05, 0) is 31.2 Å². The van der Waals surface area contributed by atoms with Gasteiger partial charge in [0.25, 0.3) is 0 Å². The average molecular weight is 229 g/mol. The molecular weight excluding hydrogens is 215 g/mol. The molecule has 1 aromatic carbocycles. The smallest absolute Gasteiger partial charge is 0.124 e. The van der Waals surface area contributed by atoms with Crippen LogP contribution in [-0.4, -0.2) is 26.2 Å². The molecular formula is C11H14ClFN2. The number of halogens is 2. The Labute approximate surface area is 94.0 Å². The van der Waals surface area contributed by atoms with Crippen molar-refractivity contribution in [3.63, 3.8) is 0 Å². The van der Waals surface area contributed by atoms with Crippen molar-refractivity contribution < 1.29 is 4.39 Å². The lowest BCUT2D eigenvalue weighted by atomic mass is 10.2. The van der Waals surface area contributed by atoms with Crippen LogP contribution in [0.1, 0.15) is 6.42 Å². The van der Waals surface area contributed by atoms with Crippen molar-refractivity contribution in [3.05, 3.63) is 29.0 Å². The lowest BCUT2D eigenvalue weighted by Crippen LogP contribution is -2.28. The maximum Gasteiger partial charge on any atom is 0.124 e. The number of benzene rings is 1. The molecule has 2 nitrogen and oxygen atoms in total. The molecule has 15 heavy (non-hydrogen) atoms. The molecule has 1 saturated heterocycles. The molecule has 0 spiro atoms. The fourth-order valence-corrected chi connectivity index (χ4v) is 2.11. The average Bonchev–Trinajstić information content (AvgIpc) is 2.46. The van der Waals surface area contributed by atoms with Gasteiger partial charge in [-0.25, -0.2) is 4.39 Å². The molecule has 0 saturated carbocycles. The van der Waals surface area contributed by atoms with Crippen LogP contribution in [0.5, 0.6) is 0 Å². The normalized spacial score (nSPS) is 17.6. The van der Waals surface area contributed by atoms with Gasteiger partial charge in [0.2, 0.25) is 0 Å². The Balaban J connectivity index is 2.19. The van der Waals surface area contributed by atoms with Crippen molar-refractivity contribution in [2.24, 2.45) is 0 Å².